The number of nitrogens with one attached hydrogen (secondary N) is 1. The summed E-state index contributed by atoms with van der Waals surface area (Å²) in [5.41, 5.74) is 0.698. The molecule has 1 unspecified atom stereocenters. The highest BCUT2D eigenvalue weighted by Crippen LogP contribution is 2.21. The topological polar surface area (TPSA) is 41.5 Å². The van der Waals surface area contributed by atoms with E-state index in [0.717, 1.165) is 12.8 Å². The Bertz CT molecular complexity index is 366. The van der Waals surface area contributed by atoms with E-state index in [1.165, 1.54) is 18.6 Å². The zero-order chi connectivity index (χ0) is 13.0. The van der Waals surface area contributed by atoms with Crippen molar-refractivity contribution in [2.24, 2.45) is 0 Å². The largest absolute Gasteiger partial charge is 0.435 e. The highest BCUT2D eigenvalue weighted by molar-refractivity contribution is 5.28. The number of hydrogen-bond donors (Lipinski definition) is 2. The van der Waals surface area contributed by atoms with Gasteiger partial charge in [-0.15, -0.1) is 0 Å². The molecule has 18 heavy (non-hydrogen) atoms. The second-order valence-corrected chi connectivity index (χ2v) is 4.50. The summed E-state index contributed by atoms with van der Waals surface area (Å²) in [7, 11) is 0. The van der Waals surface area contributed by atoms with Crippen molar-refractivity contribution in [2.75, 3.05) is 6.54 Å². The number of alkyl halides is 2. The van der Waals surface area contributed by atoms with Gasteiger partial charge in [0, 0.05) is 12.6 Å². The first kappa shape index (κ1) is 13.2. The number of benzene rings is 1. The van der Waals surface area contributed by atoms with Crippen molar-refractivity contribution in [3.63, 3.8) is 0 Å². The smallest absolute Gasteiger partial charge is 0.387 e. The fourth-order valence-corrected chi connectivity index (χ4v) is 1.88. The molecule has 1 atom stereocenters. The molecule has 5 heteroatoms. The number of aliphatic hydroxyl groups excluding tert-OH is 1. The average molecular weight is 257 g/mol. The van der Waals surface area contributed by atoms with Gasteiger partial charge in [-0.2, -0.15) is 8.78 Å². The van der Waals surface area contributed by atoms with E-state index in [1.807, 2.05) is 0 Å². The van der Waals surface area contributed by atoms with Gasteiger partial charge in [0.2, 0.25) is 0 Å². The lowest BCUT2D eigenvalue weighted by Crippen LogP contribution is -2.37. The minimum absolute atomic E-state index is 0.105. The van der Waals surface area contributed by atoms with E-state index in [-0.39, 0.29) is 5.75 Å². The molecule has 1 saturated carbocycles. The number of ether oxygens (including phenoxy) is 1. The summed E-state index contributed by atoms with van der Waals surface area (Å²) >= 11 is 0. The molecule has 0 radical (unpaired) electrons. The summed E-state index contributed by atoms with van der Waals surface area (Å²) in [6, 6.07) is 6.60. The van der Waals surface area contributed by atoms with Gasteiger partial charge in [-0.05, 0) is 30.5 Å². The maximum absolute atomic E-state index is 12.0. The van der Waals surface area contributed by atoms with Crippen LogP contribution in [0.15, 0.2) is 24.3 Å². The molecule has 1 aromatic rings. The molecule has 1 fully saturated rings. The first-order chi connectivity index (χ1) is 8.65. The van der Waals surface area contributed by atoms with Crippen LogP contribution in [0.5, 0.6) is 5.75 Å². The van der Waals surface area contributed by atoms with Crippen LogP contribution in [0.4, 0.5) is 8.78 Å². The maximum Gasteiger partial charge on any atom is 0.387 e. The number of rotatable bonds is 6. The third-order valence-electron chi connectivity index (χ3n) is 3.20. The summed E-state index contributed by atoms with van der Waals surface area (Å²) in [4.78, 5) is 0. The lowest BCUT2D eigenvalue weighted by atomic mass is 9.93. The quantitative estimate of drug-likeness (QED) is 0.822. The molecular weight excluding hydrogens is 240 g/mol. The van der Waals surface area contributed by atoms with Crippen LogP contribution in [0.3, 0.4) is 0 Å². The van der Waals surface area contributed by atoms with Gasteiger partial charge >= 0.3 is 6.61 Å². The van der Waals surface area contributed by atoms with Crippen molar-refractivity contribution in [3.05, 3.63) is 29.8 Å². The van der Waals surface area contributed by atoms with E-state index >= 15 is 0 Å². The Hall–Kier alpha value is -1.20. The lowest BCUT2D eigenvalue weighted by Gasteiger charge is -2.27. The molecule has 2 N–H and O–H groups in total. The van der Waals surface area contributed by atoms with E-state index in [9.17, 15) is 13.9 Å². The highest BCUT2D eigenvalue weighted by Gasteiger charge is 2.18. The van der Waals surface area contributed by atoms with Crippen LogP contribution < -0.4 is 10.1 Å². The van der Waals surface area contributed by atoms with Crippen LogP contribution in [-0.2, 0) is 0 Å². The third kappa shape index (κ3) is 3.65. The second-order valence-electron chi connectivity index (χ2n) is 4.50. The Kier molecular flexibility index (Phi) is 4.49. The number of halogens is 2. The fraction of sp³-hybridized carbons (Fsp3) is 0.538. The van der Waals surface area contributed by atoms with E-state index < -0.39 is 12.7 Å². The summed E-state index contributed by atoms with van der Waals surface area (Å²) in [5, 5.41) is 13.2. The zero-order valence-corrected chi connectivity index (χ0v) is 9.98. The van der Waals surface area contributed by atoms with E-state index in [2.05, 4.69) is 10.1 Å². The monoisotopic (exact) mass is 257 g/mol. The minimum Gasteiger partial charge on any atom is -0.435 e. The number of hydrogen-bond acceptors (Lipinski definition) is 3. The molecule has 0 heterocycles. The van der Waals surface area contributed by atoms with E-state index in [1.54, 1.807) is 12.1 Å². The molecule has 1 aliphatic carbocycles. The highest BCUT2D eigenvalue weighted by atomic mass is 19.3. The molecule has 2 rings (SSSR count). The molecule has 100 valence electrons. The van der Waals surface area contributed by atoms with Crippen LogP contribution >= 0.6 is 0 Å². The SMILES string of the molecule is OC(CNC1CCC1)c1ccc(OC(F)F)cc1. The molecule has 0 aliphatic heterocycles. The molecule has 0 spiro atoms. The molecule has 1 aliphatic rings. The Morgan fingerprint density at radius 1 is 1.28 bits per heavy atom. The van der Waals surface area contributed by atoms with Gasteiger partial charge in [0.25, 0.3) is 0 Å². The van der Waals surface area contributed by atoms with Crippen LogP contribution in [0.2, 0.25) is 0 Å². The fourth-order valence-electron chi connectivity index (χ4n) is 1.88. The number of aliphatic hydroxyl groups is 1. The van der Waals surface area contributed by atoms with Crippen LogP contribution in [0.25, 0.3) is 0 Å². The molecule has 0 aromatic heterocycles. The second kappa shape index (κ2) is 6.11. The summed E-state index contributed by atoms with van der Waals surface area (Å²) < 4.78 is 28.1. The van der Waals surface area contributed by atoms with Crippen molar-refractivity contribution in [2.45, 2.75) is 38.0 Å². The summed E-state index contributed by atoms with van der Waals surface area (Å²) in [6.45, 7) is -2.33. The van der Waals surface area contributed by atoms with Gasteiger partial charge in [0.05, 0.1) is 6.10 Å². The van der Waals surface area contributed by atoms with Crippen molar-refractivity contribution < 1.29 is 18.6 Å². The minimum atomic E-state index is -2.82. The van der Waals surface area contributed by atoms with Crippen molar-refractivity contribution in [3.8, 4) is 5.75 Å². The summed E-state index contributed by atoms with van der Waals surface area (Å²) in [6.07, 6.45) is 2.95. The molecular formula is C13H17F2NO2. The molecule has 1 aromatic carbocycles. The lowest BCUT2D eigenvalue weighted by molar-refractivity contribution is -0.0498. The van der Waals surface area contributed by atoms with Gasteiger partial charge in [0.15, 0.2) is 0 Å². The third-order valence-corrected chi connectivity index (χ3v) is 3.20. The van der Waals surface area contributed by atoms with Gasteiger partial charge < -0.3 is 15.2 Å². The van der Waals surface area contributed by atoms with Crippen LogP contribution in [0, 0.1) is 0 Å². The zero-order valence-electron chi connectivity index (χ0n) is 9.98. The Labute approximate surface area is 105 Å². The Morgan fingerprint density at radius 3 is 2.44 bits per heavy atom. The van der Waals surface area contributed by atoms with Crippen molar-refractivity contribution in [1.82, 2.24) is 5.32 Å². The Balaban J connectivity index is 1.83. The average Bonchev–Trinajstić information content (AvgIpc) is 2.27. The van der Waals surface area contributed by atoms with Crippen molar-refractivity contribution >= 4 is 0 Å². The molecule has 3 nitrogen and oxygen atoms in total. The van der Waals surface area contributed by atoms with E-state index in [4.69, 9.17) is 0 Å². The van der Waals surface area contributed by atoms with E-state index in [0.29, 0.717) is 18.2 Å². The van der Waals surface area contributed by atoms with Crippen LogP contribution in [-0.4, -0.2) is 24.3 Å². The van der Waals surface area contributed by atoms with Crippen molar-refractivity contribution in [1.29, 1.82) is 0 Å². The predicted octanol–water partition coefficient (Wildman–Crippen LogP) is 2.46. The Morgan fingerprint density at radius 2 is 1.94 bits per heavy atom. The van der Waals surface area contributed by atoms with Crippen LogP contribution in [0.1, 0.15) is 30.9 Å². The maximum atomic E-state index is 12.0. The standard InChI is InChI=1S/C13H17F2NO2/c14-13(15)18-11-6-4-9(5-7-11)12(17)8-16-10-2-1-3-10/h4-7,10,12-13,16-17H,1-3,8H2. The first-order valence-electron chi connectivity index (χ1n) is 6.11. The van der Waals surface area contributed by atoms with Gasteiger partial charge in [-0.3, -0.25) is 0 Å². The summed E-state index contributed by atoms with van der Waals surface area (Å²) in [5.74, 6) is 0.105. The predicted molar refractivity (Wildman–Crippen MR) is 63.7 cm³/mol. The van der Waals surface area contributed by atoms with Gasteiger partial charge in [-0.1, -0.05) is 18.6 Å². The van der Waals surface area contributed by atoms with Gasteiger partial charge in [-0.25, -0.2) is 0 Å². The first-order valence-corrected chi connectivity index (χ1v) is 6.11. The molecule has 0 saturated heterocycles. The molecule has 0 bridgehead atoms. The van der Waals surface area contributed by atoms with Gasteiger partial charge in [0.1, 0.15) is 5.75 Å². The normalized spacial score (nSPS) is 17.6. The molecule has 0 amide bonds.